The third-order valence-corrected chi connectivity index (χ3v) is 7.52. The van der Waals surface area contributed by atoms with Crippen LogP contribution >= 0.6 is 0 Å². The molecule has 0 radical (unpaired) electrons. The predicted molar refractivity (Wildman–Crippen MR) is 121 cm³/mol. The second-order valence-electron chi connectivity index (χ2n) is 9.53. The summed E-state index contributed by atoms with van der Waals surface area (Å²) in [5, 5.41) is 0. The molecule has 31 heavy (non-hydrogen) atoms. The molecule has 1 fully saturated rings. The Morgan fingerprint density at radius 3 is 1.84 bits per heavy atom. The molecule has 0 saturated carbocycles. The zero-order valence-corrected chi connectivity index (χ0v) is 18.0. The van der Waals surface area contributed by atoms with Crippen molar-refractivity contribution in [1.82, 2.24) is 0 Å². The van der Waals surface area contributed by atoms with E-state index in [1.165, 1.54) is 32.7 Å². The van der Waals surface area contributed by atoms with Crippen LogP contribution in [-0.2, 0) is 9.59 Å². The minimum atomic E-state index is -0.330. The first-order valence-electron chi connectivity index (χ1n) is 11.1. The quantitative estimate of drug-likeness (QED) is 0.525. The second-order valence-corrected chi connectivity index (χ2v) is 9.53. The Morgan fingerprint density at radius 1 is 0.710 bits per heavy atom. The van der Waals surface area contributed by atoms with Crippen molar-refractivity contribution in [1.29, 1.82) is 0 Å². The SMILES string of the molecule is Cc1ccc(N2C(=O)[C@@H]3[C@@H]4c5ccccc5[C@H](c5cc(C(C)C)ccc54)[C@H]3C2=O)cc1. The van der Waals surface area contributed by atoms with Crippen LogP contribution in [-0.4, -0.2) is 11.8 Å². The molecule has 0 unspecified atom stereocenters. The Bertz CT molecular complexity index is 1240. The van der Waals surface area contributed by atoms with E-state index in [2.05, 4.69) is 56.3 Å². The fourth-order valence-corrected chi connectivity index (χ4v) is 6.05. The average Bonchev–Trinajstić information content (AvgIpc) is 3.05. The molecule has 0 spiro atoms. The molecular formula is C28H25NO2. The number of amides is 2. The number of hydrogen-bond donors (Lipinski definition) is 0. The molecule has 1 saturated heterocycles. The summed E-state index contributed by atoms with van der Waals surface area (Å²) in [6.07, 6.45) is 0. The highest BCUT2D eigenvalue weighted by Crippen LogP contribution is 2.61. The number of rotatable bonds is 2. The maximum Gasteiger partial charge on any atom is 0.238 e. The van der Waals surface area contributed by atoms with Crippen molar-refractivity contribution in [3.8, 4) is 0 Å². The first kappa shape index (κ1) is 18.6. The van der Waals surface area contributed by atoms with Gasteiger partial charge in [0.2, 0.25) is 11.8 Å². The van der Waals surface area contributed by atoms with E-state index < -0.39 is 0 Å². The van der Waals surface area contributed by atoms with Gasteiger partial charge in [0.1, 0.15) is 0 Å². The lowest BCUT2D eigenvalue weighted by molar-refractivity contribution is -0.122. The van der Waals surface area contributed by atoms with E-state index in [4.69, 9.17) is 0 Å². The number of anilines is 1. The van der Waals surface area contributed by atoms with Gasteiger partial charge in [-0.2, -0.15) is 0 Å². The maximum atomic E-state index is 13.8. The van der Waals surface area contributed by atoms with Gasteiger partial charge >= 0.3 is 0 Å². The van der Waals surface area contributed by atoms with E-state index in [9.17, 15) is 9.59 Å². The van der Waals surface area contributed by atoms with Gasteiger partial charge in [0.25, 0.3) is 0 Å². The molecule has 154 valence electrons. The molecule has 3 nitrogen and oxygen atoms in total. The van der Waals surface area contributed by atoms with Crippen LogP contribution in [0.1, 0.15) is 65.0 Å². The topological polar surface area (TPSA) is 37.4 Å². The summed E-state index contributed by atoms with van der Waals surface area (Å²) in [6, 6.07) is 22.8. The maximum absolute atomic E-state index is 13.8. The molecule has 0 aromatic heterocycles. The molecular weight excluding hydrogens is 382 g/mol. The number of imide groups is 1. The van der Waals surface area contributed by atoms with Crippen LogP contribution in [0.3, 0.4) is 0 Å². The summed E-state index contributed by atoms with van der Waals surface area (Å²) in [6.45, 7) is 6.41. The van der Waals surface area contributed by atoms with Crippen LogP contribution in [0.25, 0.3) is 0 Å². The number of hydrogen-bond acceptors (Lipinski definition) is 2. The Kier molecular flexibility index (Phi) is 3.83. The largest absolute Gasteiger partial charge is 0.274 e. The smallest absolute Gasteiger partial charge is 0.238 e. The fourth-order valence-electron chi connectivity index (χ4n) is 6.05. The van der Waals surface area contributed by atoms with Gasteiger partial charge in [-0.3, -0.25) is 9.59 Å². The van der Waals surface area contributed by atoms with Gasteiger partial charge in [-0.15, -0.1) is 0 Å². The number of carbonyl (C=O) groups is 2. The average molecular weight is 408 g/mol. The number of nitrogens with zero attached hydrogens (tertiary/aromatic N) is 1. The van der Waals surface area contributed by atoms with Crippen LogP contribution in [0.15, 0.2) is 66.7 Å². The molecule has 7 rings (SSSR count). The van der Waals surface area contributed by atoms with Gasteiger partial charge in [-0.05, 0) is 52.8 Å². The Labute approximate surface area is 182 Å². The summed E-state index contributed by atoms with van der Waals surface area (Å²) >= 11 is 0. The molecule has 2 amide bonds. The van der Waals surface area contributed by atoms with Crippen LogP contribution in [0, 0.1) is 18.8 Å². The summed E-state index contributed by atoms with van der Waals surface area (Å²) in [5.74, 6) is -0.469. The van der Waals surface area contributed by atoms with Crippen molar-refractivity contribution in [2.75, 3.05) is 4.90 Å². The monoisotopic (exact) mass is 407 g/mol. The van der Waals surface area contributed by atoms with E-state index in [1.807, 2.05) is 31.2 Å². The molecule has 0 N–H and O–H groups in total. The van der Waals surface area contributed by atoms with Gasteiger partial charge in [-0.1, -0.05) is 74.0 Å². The zero-order chi connectivity index (χ0) is 21.4. The van der Waals surface area contributed by atoms with Gasteiger partial charge in [-0.25, -0.2) is 4.90 Å². The molecule has 2 bridgehead atoms. The Morgan fingerprint density at radius 2 is 1.26 bits per heavy atom. The fraction of sp³-hybridized carbons (Fsp3) is 0.286. The highest BCUT2D eigenvalue weighted by Gasteiger charge is 2.61. The minimum Gasteiger partial charge on any atom is -0.274 e. The molecule has 4 aliphatic rings. The lowest BCUT2D eigenvalue weighted by atomic mass is 9.54. The van der Waals surface area contributed by atoms with E-state index in [-0.39, 0.29) is 35.5 Å². The summed E-state index contributed by atoms with van der Waals surface area (Å²) in [5.41, 5.74) is 7.98. The molecule has 1 aliphatic heterocycles. The molecule has 3 aromatic rings. The Hall–Kier alpha value is -3.20. The number of carbonyl (C=O) groups excluding carboxylic acids is 2. The first-order chi connectivity index (χ1) is 15.0. The van der Waals surface area contributed by atoms with Crippen LogP contribution in [0.2, 0.25) is 0 Å². The van der Waals surface area contributed by atoms with Crippen LogP contribution in [0.4, 0.5) is 5.69 Å². The zero-order valence-electron chi connectivity index (χ0n) is 18.0. The van der Waals surface area contributed by atoms with E-state index in [1.54, 1.807) is 0 Å². The van der Waals surface area contributed by atoms with Crippen molar-refractivity contribution >= 4 is 17.5 Å². The lowest BCUT2D eigenvalue weighted by Crippen LogP contribution is -2.41. The van der Waals surface area contributed by atoms with E-state index in [0.29, 0.717) is 11.6 Å². The van der Waals surface area contributed by atoms with Crippen LogP contribution < -0.4 is 4.90 Å². The summed E-state index contributed by atoms with van der Waals surface area (Å²) in [4.78, 5) is 28.9. The Balaban J connectivity index is 1.56. The first-order valence-corrected chi connectivity index (χ1v) is 11.1. The molecule has 3 heteroatoms. The van der Waals surface area contributed by atoms with Crippen molar-refractivity contribution < 1.29 is 9.59 Å². The van der Waals surface area contributed by atoms with Gasteiger partial charge < -0.3 is 0 Å². The lowest BCUT2D eigenvalue weighted by Gasteiger charge is -2.46. The summed E-state index contributed by atoms with van der Waals surface area (Å²) in [7, 11) is 0. The van der Waals surface area contributed by atoms with Crippen molar-refractivity contribution in [3.63, 3.8) is 0 Å². The molecule has 3 aliphatic carbocycles. The molecule has 4 atom stereocenters. The van der Waals surface area contributed by atoms with Crippen LogP contribution in [0.5, 0.6) is 0 Å². The highest BCUT2D eigenvalue weighted by atomic mass is 16.2. The second kappa shape index (κ2) is 6.40. The third kappa shape index (κ3) is 2.40. The highest BCUT2D eigenvalue weighted by molar-refractivity contribution is 6.23. The third-order valence-electron chi connectivity index (χ3n) is 7.52. The predicted octanol–water partition coefficient (Wildman–Crippen LogP) is 5.52. The molecule has 3 aromatic carbocycles. The van der Waals surface area contributed by atoms with Crippen molar-refractivity contribution in [2.24, 2.45) is 11.8 Å². The van der Waals surface area contributed by atoms with Gasteiger partial charge in [0, 0.05) is 11.8 Å². The van der Waals surface area contributed by atoms with Gasteiger partial charge in [0.05, 0.1) is 17.5 Å². The van der Waals surface area contributed by atoms with Gasteiger partial charge in [0.15, 0.2) is 0 Å². The molecule has 1 heterocycles. The van der Waals surface area contributed by atoms with E-state index >= 15 is 0 Å². The van der Waals surface area contributed by atoms with Crippen molar-refractivity contribution in [3.05, 3.63) is 100 Å². The van der Waals surface area contributed by atoms with E-state index in [0.717, 1.165) is 5.56 Å². The number of benzene rings is 3. The standard InChI is InChI=1S/C28H25NO2/c1-15(2)17-10-13-21-22(14-17)24-20-7-5-4-6-19(20)23(21)25-26(24)28(31)29(27(25)30)18-11-8-16(3)9-12-18/h4-15,23-26H,1-3H3/t23-,24-,25-,26-/m1/s1. The number of aryl methyl sites for hydroxylation is 1. The van der Waals surface area contributed by atoms with Crippen molar-refractivity contribution in [2.45, 2.75) is 38.5 Å². The normalized spacial score (nSPS) is 25.6. The minimum absolute atomic E-state index is 0.0519. The summed E-state index contributed by atoms with van der Waals surface area (Å²) < 4.78 is 0.